The van der Waals surface area contributed by atoms with Gasteiger partial charge in [0.15, 0.2) is 0 Å². The zero-order chi connectivity index (χ0) is 20.9. The van der Waals surface area contributed by atoms with E-state index in [0.29, 0.717) is 29.2 Å². The van der Waals surface area contributed by atoms with Gasteiger partial charge in [0.2, 0.25) is 0 Å². The van der Waals surface area contributed by atoms with Crippen LogP contribution in [0.3, 0.4) is 0 Å². The molecule has 2 heterocycles. The Morgan fingerprint density at radius 3 is 2.67 bits per heavy atom. The number of nitrogens with one attached hydrogen (secondary N) is 1. The molecule has 1 fully saturated rings. The Labute approximate surface area is 181 Å². The number of carbonyl (C=O) groups excluding carboxylic acids is 2. The lowest BCUT2D eigenvalue weighted by molar-refractivity contribution is 0.0383. The lowest BCUT2D eigenvalue weighted by Crippen LogP contribution is -2.41. The standard InChI is InChI=1S/C23H26ClN3O3/c24-20-5-1-3-19(16-20)23(29)27-9-2-4-17-15-18(6-7-21(17)27)22(28)25-8-10-26-11-13-30-14-12-26/h1,3,5-7,15-16H,2,4,8-14H2,(H,25,28). The Kier molecular flexibility index (Phi) is 6.67. The second-order valence-corrected chi connectivity index (χ2v) is 8.06. The molecule has 2 aliphatic heterocycles. The van der Waals surface area contributed by atoms with Crippen LogP contribution in [0.2, 0.25) is 5.02 Å². The van der Waals surface area contributed by atoms with Crippen LogP contribution >= 0.6 is 11.6 Å². The van der Waals surface area contributed by atoms with Gasteiger partial charge in [-0.15, -0.1) is 0 Å². The zero-order valence-corrected chi connectivity index (χ0v) is 17.7. The van der Waals surface area contributed by atoms with E-state index in [2.05, 4.69) is 10.2 Å². The smallest absolute Gasteiger partial charge is 0.258 e. The van der Waals surface area contributed by atoms with Crippen molar-refractivity contribution in [2.24, 2.45) is 0 Å². The summed E-state index contributed by atoms with van der Waals surface area (Å²) in [4.78, 5) is 29.7. The number of fused-ring (bicyclic) bond motifs is 1. The first-order chi connectivity index (χ1) is 14.6. The SMILES string of the molecule is O=C(NCCN1CCOCC1)c1ccc2c(c1)CCCN2C(=O)c1cccc(Cl)c1. The van der Waals surface area contributed by atoms with Crippen LogP contribution in [0.25, 0.3) is 0 Å². The topological polar surface area (TPSA) is 61.9 Å². The van der Waals surface area contributed by atoms with E-state index in [1.165, 1.54) is 0 Å². The molecule has 30 heavy (non-hydrogen) atoms. The number of rotatable bonds is 5. The predicted molar refractivity (Wildman–Crippen MR) is 117 cm³/mol. The van der Waals surface area contributed by atoms with Gasteiger partial charge >= 0.3 is 0 Å². The maximum atomic E-state index is 13.0. The quantitative estimate of drug-likeness (QED) is 0.796. The average molecular weight is 428 g/mol. The molecule has 1 saturated heterocycles. The molecule has 0 bridgehead atoms. The van der Waals surface area contributed by atoms with Crippen molar-refractivity contribution in [2.45, 2.75) is 12.8 Å². The molecule has 1 N–H and O–H groups in total. The van der Waals surface area contributed by atoms with Gasteiger partial charge in [0, 0.05) is 54.6 Å². The molecule has 0 unspecified atom stereocenters. The van der Waals surface area contributed by atoms with Crippen LogP contribution in [-0.4, -0.2) is 62.7 Å². The molecule has 0 radical (unpaired) electrons. The fraction of sp³-hybridized carbons (Fsp3) is 0.391. The highest BCUT2D eigenvalue weighted by atomic mass is 35.5. The van der Waals surface area contributed by atoms with Crippen LogP contribution < -0.4 is 10.2 Å². The van der Waals surface area contributed by atoms with Crippen LogP contribution in [0.1, 0.15) is 32.7 Å². The summed E-state index contributed by atoms with van der Waals surface area (Å²) < 4.78 is 5.35. The van der Waals surface area contributed by atoms with Gasteiger partial charge in [0.25, 0.3) is 11.8 Å². The maximum Gasteiger partial charge on any atom is 0.258 e. The third-order valence-electron chi connectivity index (χ3n) is 5.59. The second kappa shape index (κ2) is 9.60. The fourth-order valence-corrected chi connectivity index (χ4v) is 4.17. The van der Waals surface area contributed by atoms with Gasteiger partial charge in [0.1, 0.15) is 0 Å². The monoisotopic (exact) mass is 427 g/mol. The van der Waals surface area contributed by atoms with Crippen LogP contribution in [0.4, 0.5) is 5.69 Å². The van der Waals surface area contributed by atoms with E-state index in [0.717, 1.165) is 56.9 Å². The summed E-state index contributed by atoms with van der Waals surface area (Å²) >= 11 is 6.05. The van der Waals surface area contributed by atoms with Crippen molar-refractivity contribution in [2.75, 3.05) is 50.8 Å². The lowest BCUT2D eigenvalue weighted by atomic mass is 9.98. The van der Waals surface area contributed by atoms with Crippen LogP contribution in [0.15, 0.2) is 42.5 Å². The van der Waals surface area contributed by atoms with Gasteiger partial charge in [-0.05, 0) is 54.8 Å². The Morgan fingerprint density at radius 2 is 1.87 bits per heavy atom. The summed E-state index contributed by atoms with van der Waals surface area (Å²) in [6.45, 7) is 5.41. The number of aryl methyl sites for hydroxylation is 1. The third kappa shape index (κ3) is 4.83. The van der Waals surface area contributed by atoms with E-state index in [1.807, 2.05) is 12.1 Å². The molecule has 0 saturated carbocycles. The maximum absolute atomic E-state index is 13.0. The minimum absolute atomic E-state index is 0.0684. The van der Waals surface area contributed by atoms with Crippen LogP contribution in [0.5, 0.6) is 0 Å². The fourth-order valence-electron chi connectivity index (χ4n) is 3.98. The largest absolute Gasteiger partial charge is 0.379 e. The van der Waals surface area contributed by atoms with E-state index < -0.39 is 0 Å². The van der Waals surface area contributed by atoms with Crippen molar-refractivity contribution in [3.05, 3.63) is 64.2 Å². The summed E-state index contributed by atoms with van der Waals surface area (Å²) in [5.41, 5.74) is 3.10. The minimum Gasteiger partial charge on any atom is -0.379 e. The number of hydrogen-bond donors (Lipinski definition) is 1. The summed E-state index contributed by atoms with van der Waals surface area (Å²) in [6, 6.07) is 12.6. The number of nitrogens with zero attached hydrogens (tertiary/aromatic N) is 2. The van der Waals surface area contributed by atoms with Crippen molar-refractivity contribution in [1.29, 1.82) is 0 Å². The molecule has 0 aliphatic carbocycles. The molecule has 0 atom stereocenters. The van der Waals surface area contributed by atoms with Crippen molar-refractivity contribution in [1.82, 2.24) is 10.2 Å². The highest BCUT2D eigenvalue weighted by Crippen LogP contribution is 2.29. The number of amides is 2. The molecule has 7 heteroatoms. The molecule has 2 amide bonds. The van der Waals surface area contributed by atoms with Crippen LogP contribution in [0, 0.1) is 0 Å². The van der Waals surface area contributed by atoms with E-state index in [9.17, 15) is 9.59 Å². The number of hydrogen-bond acceptors (Lipinski definition) is 4. The van der Waals surface area contributed by atoms with E-state index in [-0.39, 0.29) is 11.8 Å². The molecule has 2 aromatic rings. The van der Waals surface area contributed by atoms with Gasteiger partial charge < -0.3 is 15.0 Å². The van der Waals surface area contributed by atoms with Gasteiger partial charge in [-0.1, -0.05) is 17.7 Å². The lowest BCUT2D eigenvalue weighted by Gasteiger charge is -2.30. The number of ether oxygens (including phenoxy) is 1. The summed E-state index contributed by atoms with van der Waals surface area (Å²) in [5.74, 6) is -0.148. The molecule has 2 aromatic carbocycles. The summed E-state index contributed by atoms with van der Waals surface area (Å²) in [6.07, 6.45) is 1.71. The third-order valence-corrected chi connectivity index (χ3v) is 5.83. The van der Waals surface area contributed by atoms with Crippen LogP contribution in [-0.2, 0) is 11.2 Å². The van der Waals surface area contributed by atoms with E-state index in [4.69, 9.17) is 16.3 Å². The minimum atomic E-state index is -0.0793. The molecule has 4 rings (SSSR count). The van der Waals surface area contributed by atoms with Gasteiger partial charge in [-0.25, -0.2) is 0 Å². The highest BCUT2D eigenvalue weighted by Gasteiger charge is 2.24. The highest BCUT2D eigenvalue weighted by molar-refractivity contribution is 6.31. The second-order valence-electron chi connectivity index (χ2n) is 7.62. The summed E-state index contributed by atoms with van der Waals surface area (Å²) in [7, 11) is 0. The molecule has 0 aromatic heterocycles. The Morgan fingerprint density at radius 1 is 1.03 bits per heavy atom. The van der Waals surface area contributed by atoms with E-state index in [1.54, 1.807) is 35.2 Å². The van der Waals surface area contributed by atoms with E-state index >= 15 is 0 Å². The van der Waals surface area contributed by atoms with Gasteiger partial charge in [0.05, 0.1) is 13.2 Å². The van der Waals surface area contributed by atoms with Crippen molar-refractivity contribution >= 4 is 29.1 Å². The first-order valence-corrected chi connectivity index (χ1v) is 10.8. The number of carbonyl (C=O) groups is 2. The normalized spacial score (nSPS) is 16.8. The first kappa shape index (κ1) is 20.8. The van der Waals surface area contributed by atoms with Crippen molar-refractivity contribution in [3.8, 4) is 0 Å². The number of benzene rings is 2. The number of morpholine rings is 1. The van der Waals surface area contributed by atoms with Gasteiger partial charge in [-0.3, -0.25) is 14.5 Å². The molecule has 2 aliphatic rings. The Bertz CT molecular complexity index is 928. The Hall–Kier alpha value is -2.41. The number of anilines is 1. The summed E-state index contributed by atoms with van der Waals surface area (Å²) in [5, 5.41) is 3.55. The molecule has 6 nitrogen and oxygen atoms in total. The predicted octanol–water partition coefficient (Wildman–Crippen LogP) is 3.00. The molecular weight excluding hydrogens is 402 g/mol. The van der Waals surface area contributed by atoms with Crippen molar-refractivity contribution in [3.63, 3.8) is 0 Å². The molecule has 0 spiro atoms. The molecule has 158 valence electrons. The van der Waals surface area contributed by atoms with Crippen molar-refractivity contribution < 1.29 is 14.3 Å². The number of halogens is 1. The van der Waals surface area contributed by atoms with Gasteiger partial charge in [-0.2, -0.15) is 0 Å². The average Bonchev–Trinajstić information content (AvgIpc) is 2.78. The Balaban J connectivity index is 1.42. The zero-order valence-electron chi connectivity index (χ0n) is 16.9. The first-order valence-electron chi connectivity index (χ1n) is 10.4. The molecular formula is C23H26ClN3O3.